The van der Waals surface area contributed by atoms with Gasteiger partial charge in [0.2, 0.25) is 6.29 Å². The third kappa shape index (κ3) is 11.7. The average molecular weight is 1210 g/mol. The highest BCUT2D eigenvalue weighted by atomic mass is 16.7. The smallest absolute Gasteiger partial charge is 0.312 e. The molecule has 15 aliphatic carbocycles. The van der Waals surface area contributed by atoms with E-state index in [0.717, 1.165) is 183 Å². The number of carbonyl (C=O) groups is 5. The number of carboxylic acid groups (broad SMARTS) is 1. The zero-order valence-corrected chi connectivity index (χ0v) is 50.7. The number of hydrogen-bond donors (Lipinski definition) is 1. The zero-order chi connectivity index (χ0) is 56.1. The van der Waals surface area contributed by atoms with Gasteiger partial charge in [0.05, 0.1) is 22.9 Å². The Morgan fingerprint density at radius 3 is 1.24 bits per heavy atom. The van der Waals surface area contributed by atoms with Crippen molar-refractivity contribution >= 4 is 29.8 Å². The third-order valence-corrected chi connectivity index (χ3v) is 28.0. The molecule has 29 unspecified atom stereocenters. The summed E-state index contributed by atoms with van der Waals surface area (Å²) in [4.78, 5) is 59.9. The number of carboxylic acids is 1. The standard InChI is InChI=1S/C44H62O4.C16H26O2.C7H12O3.C2H4O2.6CH4/c1-5-44(4,42(46)48-32-15-24-13-26(32)40-30-17-28(38(24)40)34-20-7-9-22(11-20)36(30)34)18-43(2,3)41(45)47-31-14-23-12-25(31)39-29-16-27(37(23)39)33-19-6-8-21(10-19)35(29)33;1-4-16(2,3)15(17)18-14-9-10-8-13(14)12-7-5-6-11(10)12;1-6(8)10-7-4-2-3-5-9-7;1-2(3)4;;;;;;/h19-40H,5-18H2,1-4H3;10-14H,4-9H2,1-3H3;7H,2-5H2,1H3;1H3,(H,3,4);6*1H4. The molecule has 494 valence electrons. The van der Waals surface area contributed by atoms with Gasteiger partial charge in [-0.25, -0.2) is 0 Å². The predicted octanol–water partition coefficient (Wildman–Crippen LogP) is 17.6. The molecule has 0 amide bonds. The Balaban J connectivity index is 0.000000232. The maximum atomic E-state index is 14.2. The highest BCUT2D eigenvalue weighted by Crippen LogP contribution is 2.78. The number of esters is 4. The summed E-state index contributed by atoms with van der Waals surface area (Å²) in [5.41, 5.74) is -1.66. The van der Waals surface area contributed by atoms with E-state index in [1.54, 1.807) is 0 Å². The molecule has 1 N–H and O–H groups in total. The molecule has 11 heteroatoms. The first-order chi connectivity index (χ1) is 38.2. The van der Waals surface area contributed by atoms with Gasteiger partial charge in [-0.05, 0) is 311 Å². The van der Waals surface area contributed by atoms with Crippen molar-refractivity contribution in [1.82, 2.24) is 0 Å². The molecule has 0 aromatic carbocycles. The van der Waals surface area contributed by atoms with Gasteiger partial charge in [-0.1, -0.05) is 64.8 Å². The topological polar surface area (TPSA) is 152 Å². The fourth-order valence-electron chi connectivity index (χ4n) is 25.3. The van der Waals surface area contributed by atoms with Crippen LogP contribution in [0.5, 0.6) is 0 Å². The van der Waals surface area contributed by atoms with Gasteiger partial charge in [-0.3, -0.25) is 24.0 Å². The van der Waals surface area contributed by atoms with Crippen molar-refractivity contribution in [2.24, 2.45) is 158 Å². The van der Waals surface area contributed by atoms with Crippen molar-refractivity contribution in [2.45, 2.75) is 279 Å². The maximum Gasteiger partial charge on any atom is 0.312 e. The molecule has 0 aromatic rings. The van der Waals surface area contributed by atoms with Crippen molar-refractivity contribution in [1.29, 1.82) is 0 Å². The number of aliphatic carboxylic acids is 1. The summed E-state index contributed by atoms with van der Waals surface area (Å²) in [7, 11) is 0. The maximum absolute atomic E-state index is 14.2. The van der Waals surface area contributed by atoms with Crippen LogP contribution in [0.25, 0.3) is 0 Å². The molecule has 1 aliphatic heterocycles. The van der Waals surface area contributed by atoms with Crippen LogP contribution in [0.15, 0.2) is 0 Å². The molecule has 15 saturated carbocycles. The Hall–Kier alpha value is -2.69. The second-order valence-electron chi connectivity index (χ2n) is 32.3. The fourth-order valence-corrected chi connectivity index (χ4v) is 25.3. The van der Waals surface area contributed by atoms with E-state index in [1.165, 1.54) is 96.8 Å². The molecule has 11 nitrogen and oxygen atoms in total. The van der Waals surface area contributed by atoms with E-state index in [4.69, 9.17) is 33.6 Å². The van der Waals surface area contributed by atoms with Crippen LogP contribution in [0, 0.1) is 158 Å². The van der Waals surface area contributed by atoms with Gasteiger partial charge in [0.1, 0.15) is 18.3 Å². The minimum absolute atomic E-state index is 0. The third-order valence-electron chi connectivity index (χ3n) is 28.0. The van der Waals surface area contributed by atoms with Gasteiger partial charge in [0, 0.05) is 20.3 Å². The largest absolute Gasteiger partial charge is 0.481 e. The van der Waals surface area contributed by atoms with Crippen molar-refractivity contribution in [2.75, 3.05) is 6.61 Å². The van der Waals surface area contributed by atoms with Gasteiger partial charge in [0.25, 0.3) is 5.97 Å². The van der Waals surface area contributed by atoms with Crippen LogP contribution in [-0.2, 0) is 47.7 Å². The van der Waals surface area contributed by atoms with Crippen LogP contribution >= 0.6 is 0 Å². The Bertz CT molecular complexity index is 2370. The van der Waals surface area contributed by atoms with E-state index in [-0.39, 0.29) is 98.5 Å². The van der Waals surface area contributed by atoms with E-state index in [0.29, 0.717) is 30.6 Å². The van der Waals surface area contributed by atoms with Crippen molar-refractivity contribution < 1.29 is 52.8 Å². The summed E-state index contributed by atoms with van der Waals surface area (Å²) in [6, 6.07) is 0. The predicted molar refractivity (Wildman–Crippen MR) is 342 cm³/mol. The minimum atomic E-state index is -0.833. The van der Waals surface area contributed by atoms with Crippen LogP contribution in [0.1, 0.15) is 255 Å². The summed E-state index contributed by atoms with van der Waals surface area (Å²) in [6.07, 6.45) is 28.9. The molecule has 16 aliphatic rings. The number of fused-ring (bicyclic) bond motifs is 37. The monoisotopic (exact) mass is 1200 g/mol. The van der Waals surface area contributed by atoms with Gasteiger partial charge in [-0.2, -0.15) is 0 Å². The van der Waals surface area contributed by atoms with Crippen LogP contribution in [0.4, 0.5) is 0 Å². The SMILES string of the molecule is C.C.C.C.C.C.CC(=O)O.CC(=O)OC1CCCCO1.CCC(C)(C)C(=O)OC1CC2CC1C1CCCC21.CCC(C)(CC(C)(C)C(=O)OC1CC2CC1C1C3CC(C4C5CCC(C5)C34)C21)C(=O)OC1CC2CC1C1C3CC(C4C5CCC(C5)C34)C21. The van der Waals surface area contributed by atoms with Gasteiger partial charge in [-0.15, -0.1) is 0 Å². The van der Waals surface area contributed by atoms with Gasteiger partial charge in [0.15, 0.2) is 0 Å². The number of carbonyl (C=O) groups excluding carboxylic acids is 4. The van der Waals surface area contributed by atoms with Crippen molar-refractivity contribution in [3.63, 3.8) is 0 Å². The Morgan fingerprint density at radius 2 is 0.802 bits per heavy atom. The Morgan fingerprint density at radius 1 is 0.395 bits per heavy atom. The number of ether oxygens (including phenoxy) is 5. The molecular weight excluding hydrogens is 1080 g/mol. The summed E-state index contributed by atoms with van der Waals surface area (Å²) >= 11 is 0. The first-order valence-corrected chi connectivity index (χ1v) is 33.8. The van der Waals surface area contributed by atoms with Crippen LogP contribution in [0.2, 0.25) is 0 Å². The van der Waals surface area contributed by atoms with Crippen LogP contribution < -0.4 is 0 Å². The van der Waals surface area contributed by atoms with Gasteiger partial charge < -0.3 is 28.8 Å². The molecule has 0 radical (unpaired) electrons. The summed E-state index contributed by atoms with van der Waals surface area (Å²) < 4.78 is 29.1. The lowest BCUT2D eigenvalue weighted by molar-refractivity contribution is -0.184. The number of rotatable bonds is 11. The zero-order valence-electron chi connectivity index (χ0n) is 50.7. The first kappa shape index (κ1) is 70.8. The lowest BCUT2D eigenvalue weighted by atomic mass is 9.59. The van der Waals surface area contributed by atoms with Crippen molar-refractivity contribution in [3.05, 3.63) is 0 Å². The average Bonchev–Trinajstić information content (AvgIpc) is 1.52. The quantitative estimate of drug-likeness (QED) is 0.120. The van der Waals surface area contributed by atoms with E-state index in [9.17, 15) is 19.2 Å². The molecule has 0 spiro atoms. The first-order valence-electron chi connectivity index (χ1n) is 33.8. The molecule has 1 saturated heterocycles. The van der Waals surface area contributed by atoms with Crippen LogP contribution in [-0.4, -0.2) is 66.2 Å². The lowest BCUT2D eigenvalue weighted by Crippen LogP contribution is -2.47. The second kappa shape index (κ2) is 26.5. The minimum Gasteiger partial charge on any atom is -0.481 e. The lowest BCUT2D eigenvalue weighted by Gasteiger charge is -2.47. The molecule has 29 atom stereocenters. The summed E-state index contributed by atoms with van der Waals surface area (Å²) in [5.74, 6) is 20.7. The van der Waals surface area contributed by atoms with E-state index < -0.39 is 16.8 Å². The van der Waals surface area contributed by atoms with E-state index in [2.05, 4.69) is 20.8 Å². The summed E-state index contributed by atoms with van der Waals surface area (Å²) in [5, 5.41) is 7.42. The molecule has 14 bridgehead atoms. The number of hydrogen-bond acceptors (Lipinski definition) is 10. The molecule has 1 heterocycles. The Kier molecular flexibility index (Phi) is 21.8. The molecular formula is C75H128O11. The highest BCUT2D eigenvalue weighted by Gasteiger charge is 2.74. The molecule has 0 aromatic heterocycles. The fraction of sp³-hybridized carbons (Fsp3) is 0.933. The van der Waals surface area contributed by atoms with E-state index in [1.807, 2.05) is 27.7 Å². The molecule has 86 heavy (non-hydrogen) atoms. The van der Waals surface area contributed by atoms with E-state index >= 15 is 0 Å². The normalized spacial score (nSPS) is 45.8. The second-order valence-corrected chi connectivity index (χ2v) is 32.3. The summed E-state index contributed by atoms with van der Waals surface area (Å²) in [6.45, 7) is 17.6. The Labute approximate surface area is 524 Å². The van der Waals surface area contributed by atoms with Gasteiger partial charge >= 0.3 is 23.9 Å². The molecule has 16 fully saturated rings. The van der Waals surface area contributed by atoms with Crippen LogP contribution in [0.3, 0.4) is 0 Å². The highest BCUT2D eigenvalue weighted by molar-refractivity contribution is 5.81. The molecule has 16 rings (SSSR count). The van der Waals surface area contributed by atoms with Crippen molar-refractivity contribution in [3.8, 4) is 0 Å².